The number of unbranched alkanes of at least 4 members (excludes halogenated alkanes) is 3. The maximum absolute atomic E-state index is 5.93. The van der Waals surface area contributed by atoms with Crippen molar-refractivity contribution in [2.75, 3.05) is 28.1 Å². The predicted molar refractivity (Wildman–Crippen MR) is 136 cm³/mol. The fraction of sp³-hybridized carbons (Fsp3) is 0.692. The fourth-order valence-electron chi connectivity index (χ4n) is 4.35. The fourth-order valence-corrected chi connectivity index (χ4v) is 19.4. The monoisotopic (exact) mass is 542 g/mol. The molecule has 0 atom stereocenters. The van der Waals surface area contributed by atoms with Gasteiger partial charge in [-0.15, -0.1) is 0 Å². The van der Waals surface area contributed by atoms with Crippen LogP contribution in [0.1, 0.15) is 70.4 Å². The van der Waals surface area contributed by atoms with E-state index in [1.807, 2.05) is 6.92 Å². The zero-order chi connectivity index (χ0) is 23.1. The molecule has 1 aromatic carbocycles. The molecule has 0 spiro atoms. The van der Waals surface area contributed by atoms with Crippen molar-refractivity contribution in [3.8, 4) is 17.2 Å². The van der Waals surface area contributed by atoms with Crippen LogP contribution in [0.4, 0.5) is 0 Å². The Labute approximate surface area is 195 Å². The molecule has 31 heavy (non-hydrogen) atoms. The van der Waals surface area contributed by atoms with Crippen LogP contribution in [-0.4, -0.2) is 46.5 Å². The Balaban J connectivity index is 3.26. The first-order valence-electron chi connectivity index (χ1n) is 12.1. The third-order valence-corrected chi connectivity index (χ3v) is 21.5. The standard InChI is InChI=1S/C14H19O4.3C4H9.Sn/c1-6-7-11-8-12(16-4)10(2)13(17-5)14(11)18-9-15-3;3*1-3-4-2;/h6-8H,1,9H2,2-5H3;3*1,3-4H2,2H3;/b7-6+;;;;. The Kier molecular flexibility index (Phi) is 14.4. The molecule has 0 aliphatic rings. The molecule has 0 heterocycles. The Bertz CT molecular complexity index is 636. The minimum absolute atomic E-state index is 0.190. The molecule has 5 heteroatoms. The minimum atomic E-state index is -2.20. The average molecular weight is 541 g/mol. The first-order valence-corrected chi connectivity index (χ1v) is 20.1. The van der Waals surface area contributed by atoms with Crippen LogP contribution in [-0.2, 0) is 4.74 Å². The van der Waals surface area contributed by atoms with Gasteiger partial charge in [-0.3, -0.25) is 0 Å². The van der Waals surface area contributed by atoms with Crippen LogP contribution in [0.5, 0.6) is 17.2 Å². The normalized spacial score (nSPS) is 11.8. The van der Waals surface area contributed by atoms with Crippen molar-refractivity contribution in [1.29, 1.82) is 0 Å². The van der Waals surface area contributed by atoms with E-state index in [0.29, 0.717) is 5.75 Å². The second-order valence-electron chi connectivity index (χ2n) is 8.62. The number of methoxy groups -OCH3 is 3. The molecular weight excluding hydrogens is 495 g/mol. The number of hydrogen-bond donors (Lipinski definition) is 0. The molecule has 0 N–H and O–H groups in total. The predicted octanol–water partition coefficient (Wildman–Crippen LogP) is 7.86. The van der Waals surface area contributed by atoms with Crippen molar-refractivity contribution in [2.24, 2.45) is 0 Å². The van der Waals surface area contributed by atoms with Gasteiger partial charge < -0.3 is 0 Å². The molecule has 1 aromatic rings. The summed E-state index contributed by atoms with van der Waals surface area (Å²) in [6, 6.07) is 2.06. The third kappa shape index (κ3) is 8.88. The van der Waals surface area contributed by atoms with Crippen LogP contribution in [0, 0.1) is 6.92 Å². The van der Waals surface area contributed by atoms with Gasteiger partial charge >= 0.3 is 196 Å². The van der Waals surface area contributed by atoms with E-state index in [-0.39, 0.29) is 6.79 Å². The van der Waals surface area contributed by atoms with E-state index in [0.717, 1.165) is 22.6 Å². The van der Waals surface area contributed by atoms with Crippen molar-refractivity contribution < 1.29 is 18.9 Å². The van der Waals surface area contributed by atoms with Crippen LogP contribution in [0.25, 0.3) is 6.08 Å². The van der Waals surface area contributed by atoms with Crippen LogP contribution < -0.4 is 14.2 Å². The molecule has 1 rings (SSSR count). The molecule has 178 valence electrons. The van der Waals surface area contributed by atoms with E-state index in [1.165, 1.54) is 56.3 Å². The van der Waals surface area contributed by atoms with Gasteiger partial charge in [0, 0.05) is 0 Å². The number of allylic oxidation sites excluding steroid dienone is 1. The van der Waals surface area contributed by atoms with Gasteiger partial charge in [0.15, 0.2) is 0 Å². The first kappa shape index (κ1) is 28.2. The summed E-state index contributed by atoms with van der Waals surface area (Å²) in [5.41, 5.74) is 1.94. The summed E-state index contributed by atoms with van der Waals surface area (Å²) in [5, 5.41) is 0. The van der Waals surface area contributed by atoms with Gasteiger partial charge in [0.25, 0.3) is 0 Å². The molecule has 4 nitrogen and oxygen atoms in total. The molecule has 0 saturated heterocycles. The quantitative estimate of drug-likeness (QED) is 0.149. The second kappa shape index (κ2) is 15.8. The summed E-state index contributed by atoms with van der Waals surface area (Å²) in [4.78, 5) is 0. The SMILES string of the molecule is CCC[CH2][Sn]([CH2]/C=C/c1cc(OC)c(C)c(OC)c1OCOC)([CH2]CCC)[CH2]CCC. The Hall–Kier alpha value is -0.881. The maximum atomic E-state index is 5.93. The summed E-state index contributed by atoms with van der Waals surface area (Å²) in [5.74, 6) is 2.27. The zero-order valence-electron chi connectivity index (χ0n) is 21.1. The topological polar surface area (TPSA) is 36.9 Å². The van der Waals surface area contributed by atoms with E-state index in [9.17, 15) is 0 Å². The molecule has 0 amide bonds. The van der Waals surface area contributed by atoms with E-state index in [4.69, 9.17) is 18.9 Å². The first-order chi connectivity index (χ1) is 15.0. The van der Waals surface area contributed by atoms with Gasteiger partial charge in [-0.25, -0.2) is 0 Å². The molecular formula is C26H46O4Sn. The van der Waals surface area contributed by atoms with Crippen molar-refractivity contribution in [3.05, 3.63) is 23.3 Å². The van der Waals surface area contributed by atoms with Gasteiger partial charge in [0.2, 0.25) is 0 Å². The molecule has 0 saturated carbocycles. The third-order valence-electron chi connectivity index (χ3n) is 6.24. The molecule has 0 aromatic heterocycles. The summed E-state index contributed by atoms with van der Waals surface area (Å²) in [6.07, 6.45) is 12.8. The van der Waals surface area contributed by atoms with Crippen LogP contribution >= 0.6 is 0 Å². The molecule has 0 unspecified atom stereocenters. The number of benzene rings is 1. The van der Waals surface area contributed by atoms with Gasteiger partial charge in [0.1, 0.15) is 0 Å². The van der Waals surface area contributed by atoms with Crippen molar-refractivity contribution in [3.63, 3.8) is 0 Å². The van der Waals surface area contributed by atoms with Gasteiger partial charge in [-0.05, 0) is 0 Å². The van der Waals surface area contributed by atoms with Gasteiger partial charge in [0.05, 0.1) is 0 Å². The average Bonchev–Trinajstić information content (AvgIpc) is 2.79. The van der Waals surface area contributed by atoms with Crippen molar-refractivity contribution in [1.82, 2.24) is 0 Å². The molecule has 0 radical (unpaired) electrons. The molecule has 0 bridgehead atoms. The summed E-state index contributed by atoms with van der Waals surface area (Å²) < 4.78 is 28.2. The van der Waals surface area contributed by atoms with E-state index < -0.39 is 18.4 Å². The van der Waals surface area contributed by atoms with Crippen LogP contribution in [0.15, 0.2) is 12.1 Å². The molecule has 0 aliphatic carbocycles. The van der Waals surface area contributed by atoms with Crippen molar-refractivity contribution in [2.45, 2.75) is 84.0 Å². The number of ether oxygens (including phenoxy) is 4. The summed E-state index contributed by atoms with van der Waals surface area (Å²) >= 11 is -2.20. The molecule has 0 aliphatic heterocycles. The zero-order valence-corrected chi connectivity index (χ0v) is 24.0. The second-order valence-corrected chi connectivity index (χ2v) is 22.6. The van der Waals surface area contributed by atoms with Crippen molar-refractivity contribution >= 4 is 24.5 Å². The Morgan fingerprint density at radius 2 is 1.42 bits per heavy atom. The van der Waals surface area contributed by atoms with Crippen LogP contribution in [0.2, 0.25) is 17.7 Å². The van der Waals surface area contributed by atoms with E-state index in [1.54, 1.807) is 21.3 Å². The van der Waals surface area contributed by atoms with E-state index >= 15 is 0 Å². The van der Waals surface area contributed by atoms with Gasteiger partial charge in [-0.2, -0.15) is 0 Å². The number of hydrogen-bond acceptors (Lipinski definition) is 4. The Morgan fingerprint density at radius 3 is 1.87 bits per heavy atom. The summed E-state index contributed by atoms with van der Waals surface area (Å²) in [7, 11) is 5.01. The summed E-state index contributed by atoms with van der Waals surface area (Å²) in [6.45, 7) is 9.17. The molecule has 0 fully saturated rings. The number of rotatable bonds is 17. The van der Waals surface area contributed by atoms with E-state index in [2.05, 4.69) is 39.0 Å². The van der Waals surface area contributed by atoms with Crippen LogP contribution in [0.3, 0.4) is 0 Å². The van der Waals surface area contributed by atoms with Gasteiger partial charge in [-0.1, -0.05) is 0 Å². The Morgan fingerprint density at radius 1 is 0.839 bits per heavy atom.